The lowest BCUT2D eigenvalue weighted by atomic mass is 10.1. The molecule has 1 aliphatic rings. The summed E-state index contributed by atoms with van der Waals surface area (Å²) >= 11 is 0. The van der Waals surface area contributed by atoms with Crippen molar-refractivity contribution in [2.75, 3.05) is 17.8 Å². The number of anilines is 1. The van der Waals surface area contributed by atoms with Gasteiger partial charge < -0.3 is 4.90 Å². The Labute approximate surface area is 155 Å². The predicted molar refractivity (Wildman–Crippen MR) is 103 cm³/mol. The van der Waals surface area contributed by atoms with Crippen LogP contribution in [0.15, 0.2) is 48.5 Å². The fraction of sp³-hybridized carbons (Fsp3) is 0.350. The van der Waals surface area contributed by atoms with E-state index in [1.54, 1.807) is 24.3 Å². The average molecular weight is 372 g/mol. The fourth-order valence-corrected chi connectivity index (χ4v) is 4.44. The Balaban J connectivity index is 1.61. The van der Waals surface area contributed by atoms with Gasteiger partial charge >= 0.3 is 0 Å². The van der Waals surface area contributed by atoms with Crippen LogP contribution in [0, 0.1) is 6.92 Å². The van der Waals surface area contributed by atoms with Crippen molar-refractivity contribution in [1.29, 1.82) is 0 Å². The smallest absolute Gasteiger partial charge is 0.236 e. The molecular formula is C20H24N2O3S. The Kier molecular flexibility index (Phi) is 5.61. The number of hydrogen-bond donors (Lipinski definition) is 1. The number of aryl methyl sites for hydroxylation is 1. The second kappa shape index (κ2) is 7.91. The summed E-state index contributed by atoms with van der Waals surface area (Å²) in [7, 11) is -3.48. The first-order chi connectivity index (χ1) is 12.4. The first-order valence-electron chi connectivity index (χ1n) is 8.85. The van der Waals surface area contributed by atoms with Gasteiger partial charge in [-0.2, -0.15) is 0 Å². The van der Waals surface area contributed by atoms with Crippen LogP contribution in [0.2, 0.25) is 0 Å². The van der Waals surface area contributed by atoms with Crippen molar-refractivity contribution in [3.8, 4) is 0 Å². The average Bonchev–Trinajstić information content (AvgIpc) is 3.13. The number of likely N-dealkylation sites (tertiary alicyclic amines) is 1. The molecular weight excluding hydrogens is 348 g/mol. The molecule has 1 aliphatic heterocycles. The number of carbonyl (C=O) groups is 1. The van der Waals surface area contributed by atoms with E-state index in [2.05, 4.69) is 4.72 Å². The zero-order valence-electron chi connectivity index (χ0n) is 14.9. The molecule has 1 N–H and O–H groups in total. The van der Waals surface area contributed by atoms with Gasteiger partial charge in [0.25, 0.3) is 0 Å². The number of nitrogens with zero attached hydrogens (tertiary/aromatic N) is 1. The largest absolute Gasteiger partial charge is 0.342 e. The van der Waals surface area contributed by atoms with Crippen LogP contribution in [-0.4, -0.2) is 32.3 Å². The molecule has 1 amide bonds. The van der Waals surface area contributed by atoms with E-state index >= 15 is 0 Å². The minimum atomic E-state index is -3.48. The maximum Gasteiger partial charge on any atom is 0.236 e. The Bertz CT molecular complexity index is 870. The molecule has 2 aromatic carbocycles. The quantitative estimate of drug-likeness (QED) is 0.847. The Hall–Kier alpha value is -2.34. The first-order valence-corrected chi connectivity index (χ1v) is 10.5. The predicted octanol–water partition coefficient (Wildman–Crippen LogP) is 3.10. The topological polar surface area (TPSA) is 66.5 Å². The molecule has 6 heteroatoms. The lowest BCUT2D eigenvalue weighted by Gasteiger charge is -2.15. The Morgan fingerprint density at radius 3 is 2.35 bits per heavy atom. The van der Waals surface area contributed by atoms with Crippen LogP contribution < -0.4 is 4.72 Å². The van der Waals surface area contributed by atoms with Gasteiger partial charge in [-0.1, -0.05) is 36.4 Å². The van der Waals surface area contributed by atoms with Crippen molar-refractivity contribution in [1.82, 2.24) is 4.90 Å². The number of sulfonamides is 1. The van der Waals surface area contributed by atoms with Crippen molar-refractivity contribution >= 4 is 21.6 Å². The van der Waals surface area contributed by atoms with Gasteiger partial charge in [0.1, 0.15) is 0 Å². The van der Waals surface area contributed by atoms with Gasteiger partial charge in [0.2, 0.25) is 15.9 Å². The van der Waals surface area contributed by atoms with E-state index < -0.39 is 10.0 Å². The highest BCUT2D eigenvalue weighted by molar-refractivity contribution is 7.91. The fourth-order valence-electron chi connectivity index (χ4n) is 3.14. The summed E-state index contributed by atoms with van der Waals surface area (Å²) in [6.07, 6.45) is 2.51. The van der Waals surface area contributed by atoms with E-state index in [-0.39, 0.29) is 11.7 Å². The van der Waals surface area contributed by atoms with E-state index in [1.807, 2.05) is 36.1 Å². The van der Waals surface area contributed by atoms with E-state index in [9.17, 15) is 13.2 Å². The summed E-state index contributed by atoms with van der Waals surface area (Å²) in [5.41, 5.74) is 3.14. The molecule has 0 unspecified atom stereocenters. The van der Waals surface area contributed by atoms with Gasteiger partial charge in [0.15, 0.2) is 0 Å². The minimum absolute atomic E-state index is 0.0606. The molecule has 2 aromatic rings. The molecule has 1 fully saturated rings. The van der Waals surface area contributed by atoms with Gasteiger partial charge in [-0.25, -0.2) is 8.42 Å². The highest BCUT2D eigenvalue weighted by Gasteiger charge is 2.18. The molecule has 0 aromatic heterocycles. The van der Waals surface area contributed by atoms with Crippen molar-refractivity contribution < 1.29 is 13.2 Å². The van der Waals surface area contributed by atoms with E-state index in [1.165, 1.54) is 0 Å². The second-order valence-corrected chi connectivity index (χ2v) is 8.47. The number of hydrogen-bond acceptors (Lipinski definition) is 3. The van der Waals surface area contributed by atoms with Crippen LogP contribution in [0.25, 0.3) is 0 Å². The molecule has 0 spiro atoms. The van der Waals surface area contributed by atoms with E-state index in [0.29, 0.717) is 12.1 Å². The van der Waals surface area contributed by atoms with E-state index in [4.69, 9.17) is 0 Å². The van der Waals surface area contributed by atoms with Gasteiger partial charge in [0.05, 0.1) is 12.2 Å². The SMILES string of the molecule is Cc1ccccc1CS(=O)(=O)Nc1ccc(CC(=O)N2CCCC2)cc1. The van der Waals surface area contributed by atoms with Crippen LogP contribution in [0.1, 0.15) is 29.5 Å². The highest BCUT2D eigenvalue weighted by atomic mass is 32.2. The number of nitrogens with one attached hydrogen (secondary N) is 1. The third-order valence-electron chi connectivity index (χ3n) is 4.65. The summed E-state index contributed by atoms with van der Waals surface area (Å²) in [4.78, 5) is 14.1. The molecule has 0 radical (unpaired) electrons. The van der Waals surface area contributed by atoms with Gasteiger partial charge in [-0.15, -0.1) is 0 Å². The van der Waals surface area contributed by atoms with Crippen LogP contribution in [-0.2, 0) is 27.0 Å². The monoisotopic (exact) mass is 372 g/mol. The first kappa shape index (κ1) is 18.5. The van der Waals surface area contributed by atoms with Gasteiger partial charge in [-0.05, 0) is 48.6 Å². The zero-order chi connectivity index (χ0) is 18.6. The van der Waals surface area contributed by atoms with E-state index in [0.717, 1.165) is 42.6 Å². The van der Waals surface area contributed by atoms with Crippen molar-refractivity contribution in [3.63, 3.8) is 0 Å². The Morgan fingerprint density at radius 1 is 1.04 bits per heavy atom. The van der Waals surface area contributed by atoms with Crippen LogP contribution >= 0.6 is 0 Å². The van der Waals surface area contributed by atoms with Crippen molar-refractivity contribution in [3.05, 3.63) is 65.2 Å². The maximum absolute atomic E-state index is 12.4. The molecule has 3 rings (SSSR count). The normalized spacial score (nSPS) is 14.4. The summed E-state index contributed by atoms with van der Waals surface area (Å²) < 4.78 is 27.4. The number of benzene rings is 2. The van der Waals surface area contributed by atoms with Crippen molar-refractivity contribution in [2.45, 2.75) is 31.9 Å². The summed E-state index contributed by atoms with van der Waals surface area (Å²) in [5.74, 6) is 0.0740. The standard InChI is InChI=1S/C20H24N2O3S/c1-16-6-2-3-7-18(16)15-26(24,25)21-19-10-8-17(9-11-19)14-20(23)22-12-4-5-13-22/h2-3,6-11,21H,4-5,12-15H2,1H3. The summed E-state index contributed by atoms with van der Waals surface area (Å²) in [6, 6.07) is 14.5. The molecule has 26 heavy (non-hydrogen) atoms. The number of amides is 1. The molecule has 0 aliphatic carbocycles. The minimum Gasteiger partial charge on any atom is -0.342 e. The molecule has 138 valence electrons. The number of carbonyl (C=O) groups excluding carboxylic acids is 1. The molecule has 0 saturated carbocycles. The second-order valence-electron chi connectivity index (χ2n) is 6.75. The highest BCUT2D eigenvalue weighted by Crippen LogP contribution is 2.17. The molecule has 0 atom stereocenters. The van der Waals surface area contributed by atoms with Gasteiger partial charge in [-0.3, -0.25) is 9.52 Å². The summed E-state index contributed by atoms with van der Waals surface area (Å²) in [6.45, 7) is 3.59. The summed E-state index contributed by atoms with van der Waals surface area (Å²) in [5, 5.41) is 0. The van der Waals surface area contributed by atoms with Crippen molar-refractivity contribution in [2.24, 2.45) is 0 Å². The Morgan fingerprint density at radius 2 is 1.69 bits per heavy atom. The van der Waals surface area contributed by atoms with Gasteiger partial charge in [0, 0.05) is 18.8 Å². The number of rotatable bonds is 6. The lowest BCUT2D eigenvalue weighted by molar-refractivity contribution is -0.129. The molecule has 1 heterocycles. The molecule has 5 nitrogen and oxygen atoms in total. The van der Waals surface area contributed by atoms with Crippen LogP contribution in [0.3, 0.4) is 0 Å². The van der Waals surface area contributed by atoms with Crippen LogP contribution in [0.4, 0.5) is 5.69 Å². The third kappa shape index (κ3) is 4.85. The maximum atomic E-state index is 12.4. The lowest BCUT2D eigenvalue weighted by Crippen LogP contribution is -2.29. The van der Waals surface area contributed by atoms with Crippen LogP contribution in [0.5, 0.6) is 0 Å². The third-order valence-corrected chi connectivity index (χ3v) is 5.89. The molecule has 1 saturated heterocycles. The zero-order valence-corrected chi connectivity index (χ0v) is 15.8. The molecule has 0 bridgehead atoms.